The molecule has 0 radical (unpaired) electrons. The second-order valence-corrected chi connectivity index (χ2v) is 5.16. The number of carbonyl (C=O) groups excluding carboxylic acids is 1. The molecule has 1 heterocycles. The van der Waals surface area contributed by atoms with Crippen molar-refractivity contribution < 1.29 is 13.7 Å². The monoisotopic (exact) mass is 279 g/mol. The van der Waals surface area contributed by atoms with Crippen LogP contribution in [-0.2, 0) is 22.1 Å². The zero-order valence-electron chi connectivity index (χ0n) is 10.6. The van der Waals surface area contributed by atoms with Crippen LogP contribution in [0, 0.1) is 0 Å². The highest BCUT2D eigenvalue weighted by Gasteiger charge is 2.09. The molecule has 0 aliphatic heterocycles. The molecule has 0 bridgehead atoms. The summed E-state index contributed by atoms with van der Waals surface area (Å²) < 4.78 is 17.8. The summed E-state index contributed by atoms with van der Waals surface area (Å²) in [6, 6.07) is 7.01. The molecule has 0 spiro atoms. The summed E-state index contributed by atoms with van der Waals surface area (Å²) in [7, 11) is 0.163. The lowest BCUT2D eigenvalue weighted by Crippen LogP contribution is -2.06. The Balaban J connectivity index is 2.17. The standard InChI is InChI=1S/C12H13N3O3S/c1-18-11(16)10-5-3-9(4-6-10)7-15-8-13-14-12(15)19(2)17/h3-6,8H,7H2,1-2H3/t19-/m0/s1. The maximum absolute atomic E-state index is 11.4. The number of ether oxygens (including phenoxy) is 1. The van der Waals surface area contributed by atoms with E-state index in [9.17, 15) is 9.00 Å². The van der Waals surface area contributed by atoms with E-state index in [0.717, 1.165) is 5.56 Å². The van der Waals surface area contributed by atoms with Crippen molar-refractivity contribution in [2.24, 2.45) is 0 Å². The van der Waals surface area contributed by atoms with Crippen LogP contribution in [0.4, 0.5) is 0 Å². The molecule has 0 fully saturated rings. The van der Waals surface area contributed by atoms with Crippen LogP contribution in [0.2, 0.25) is 0 Å². The largest absolute Gasteiger partial charge is 0.465 e. The van der Waals surface area contributed by atoms with E-state index in [1.807, 2.05) is 12.1 Å². The van der Waals surface area contributed by atoms with E-state index in [2.05, 4.69) is 14.9 Å². The van der Waals surface area contributed by atoms with Gasteiger partial charge in [-0.25, -0.2) is 4.79 Å². The molecule has 0 saturated heterocycles. The number of esters is 1. The van der Waals surface area contributed by atoms with Gasteiger partial charge in [-0.2, -0.15) is 0 Å². The fraction of sp³-hybridized carbons (Fsp3) is 0.250. The van der Waals surface area contributed by atoms with Crippen LogP contribution in [0.1, 0.15) is 15.9 Å². The van der Waals surface area contributed by atoms with E-state index in [4.69, 9.17) is 0 Å². The normalized spacial score (nSPS) is 12.1. The topological polar surface area (TPSA) is 74.1 Å². The lowest BCUT2D eigenvalue weighted by molar-refractivity contribution is 0.0600. The smallest absolute Gasteiger partial charge is 0.337 e. The molecule has 0 aliphatic rings. The summed E-state index contributed by atoms with van der Waals surface area (Å²) in [5.74, 6) is -0.369. The van der Waals surface area contributed by atoms with Gasteiger partial charge in [0.1, 0.15) is 6.33 Å². The molecule has 7 heteroatoms. The molecule has 100 valence electrons. The van der Waals surface area contributed by atoms with E-state index < -0.39 is 10.8 Å². The summed E-state index contributed by atoms with van der Waals surface area (Å²) >= 11 is 0. The molecule has 1 aromatic carbocycles. The van der Waals surface area contributed by atoms with E-state index in [1.165, 1.54) is 13.4 Å². The van der Waals surface area contributed by atoms with E-state index in [0.29, 0.717) is 17.3 Å². The quantitative estimate of drug-likeness (QED) is 0.776. The third kappa shape index (κ3) is 3.05. The molecule has 0 unspecified atom stereocenters. The van der Waals surface area contributed by atoms with Crippen molar-refractivity contribution >= 4 is 16.8 Å². The number of methoxy groups -OCH3 is 1. The highest BCUT2D eigenvalue weighted by Crippen LogP contribution is 2.09. The lowest BCUT2D eigenvalue weighted by atomic mass is 10.1. The van der Waals surface area contributed by atoms with Crippen LogP contribution >= 0.6 is 0 Å². The van der Waals surface area contributed by atoms with Crippen molar-refractivity contribution in [2.45, 2.75) is 11.7 Å². The van der Waals surface area contributed by atoms with Gasteiger partial charge in [0, 0.05) is 6.26 Å². The molecule has 19 heavy (non-hydrogen) atoms. The Labute approximate surface area is 112 Å². The zero-order chi connectivity index (χ0) is 13.8. The number of hydrogen-bond donors (Lipinski definition) is 0. The van der Waals surface area contributed by atoms with Gasteiger partial charge in [-0.1, -0.05) is 12.1 Å². The first-order valence-electron chi connectivity index (χ1n) is 5.50. The number of carbonyl (C=O) groups is 1. The average Bonchev–Trinajstić information content (AvgIpc) is 2.87. The molecule has 0 aliphatic carbocycles. The minimum absolute atomic E-state index is 0.369. The Kier molecular flexibility index (Phi) is 4.06. The zero-order valence-corrected chi connectivity index (χ0v) is 11.4. The van der Waals surface area contributed by atoms with Crippen LogP contribution in [0.15, 0.2) is 35.7 Å². The highest BCUT2D eigenvalue weighted by atomic mass is 32.2. The Morgan fingerprint density at radius 1 is 1.37 bits per heavy atom. The molecule has 2 aromatic rings. The summed E-state index contributed by atoms with van der Waals surface area (Å²) in [6.07, 6.45) is 3.09. The van der Waals surface area contributed by atoms with Gasteiger partial charge in [0.05, 0.1) is 30.0 Å². The van der Waals surface area contributed by atoms with Crippen molar-refractivity contribution in [1.82, 2.24) is 14.8 Å². The van der Waals surface area contributed by atoms with Gasteiger partial charge < -0.3 is 9.30 Å². The van der Waals surface area contributed by atoms with Crippen LogP contribution < -0.4 is 0 Å². The molecule has 6 nitrogen and oxygen atoms in total. The molecule has 2 rings (SSSR count). The molecule has 0 N–H and O–H groups in total. The third-order valence-corrected chi connectivity index (χ3v) is 3.40. The fourth-order valence-electron chi connectivity index (χ4n) is 1.64. The molecule has 1 atom stereocenters. The van der Waals surface area contributed by atoms with Gasteiger partial charge in [-0.3, -0.25) is 4.21 Å². The van der Waals surface area contributed by atoms with Crippen molar-refractivity contribution in [2.75, 3.05) is 13.4 Å². The molecule has 1 aromatic heterocycles. The first kappa shape index (κ1) is 13.4. The van der Waals surface area contributed by atoms with Crippen LogP contribution in [0.25, 0.3) is 0 Å². The number of benzene rings is 1. The summed E-state index contributed by atoms with van der Waals surface area (Å²) in [5.41, 5.74) is 1.45. The summed E-state index contributed by atoms with van der Waals surface area (Å²) in [5, 5.41) is 7.98. The lowest BCUT2D eigenvalue weighted by Gasteiger charge is -2.05. The van der Waals surface area contributed by atoms with Crippen molar-refractivity contribution in [3.8, 4) is 0 Å². The number of aromatic nitrogens is 3. The fourth-order valence-corrected chi connectivity index (χ4v) is 2.24. The van der Waals surface area contributed by atoms with Crippen molar-refractivity contribution in [3.63, 3.8) is 0 Å². The van der Waals surface area contributed by atoms with Gasteiger partial charge in [0.15, 0.2) is 0 Å². The Morgan fingerprint density at radius 2 is 2.05 bits per heavy atom. The Hall–Kier alpha value is -2.02. The van der Waals surface area contributed by atoms with Crippen LogP contribution in [0.3, 0.4) is 0 Å². The Bertz CT molecular complexity index is 607. The maximum atomic E-state index is 11.4. The minimum Gasteiger partial charge on any atom is -0.465 e. The second-order valence-electron chi connectivity index (χ2n) is 3.88. The third-order valence-electron chi connectivity index (χ3n) is 2.57. The summed E-state index contributed by atoms with van der Waals surface area (Å²) in [6.45, 7) is 0.503. The first-order chi connectivity index (χ1) is 9.11. The summed E-state index contributed by atoms with van der Waals surface area (Å²) in [4.78, 5) is 11.3. The van der Waals surface area contributed by atoms with E-state index >= 15 is 0 Å². The van der Waals surface area contributed by atoms with E-state index in [1.54, 1.807) is 23.0 Å². The van der Waals surface area contributed by atoms with Gasteiger partial charge in [-0.05, 0) is 17.7 Å². The van der Waals surface area contributed by atoms with Gasteiger partial charge in [0.2, 0.25) is 5.16 Å². The van der Waals surface area contributed by atoms with Crippen molar-refractivity contribution in [1.29, 1.82) is 0 Å². The predicted molar refractivity (Wildman–Crippen MR) is 69.2 cm³/mol. The number of nitrogens with zero attached hydrogens (tertiary/aromatic N) is 3. The number of hydrogen-bond acceptors (Lipinski definition) is 5. The van der Waals surface area contributed by atoms with Gasteiger partial charge in [0.25, 0.3) is 0 Å². The van der Waals surface area contributed by atoms with Gasteiger partial charge >= 0.3 is 5.97 Å². The number of rotatable bonds is 4. The van der Waals surface area contributed by atoms with Crippen LogP contribution in [-0.4, -0.2) is 38.3 Å². The van der Waals surface area contributed by atoms with E-state index in [-0.39, 0.29) is 5.97 Å². The van der Waals surface area contributed by atoms with Crippen LogP contribution in [0.5, 0.6) is 0 Å². The molecular weight excluding hydrogens is 266 g/mol. The maximum Gasteiger partial charge on any atom is 0.337 e. The minimum atomic E-state index is -1.18. The second kappa shape index (κ2) is 5.75. The highest BCUT2D eigenvalue weighted by molar-refractivity contribution is 7.84. The molecular formula is C12H13N3O3S. The first-order valence-corrected chi connectivity index (χ1v) is 7.06. The van der Waals surface area contributed by atoms with Crippen molar-refractivity contribution in [3.05, 3.63) is 41.7 Å². The molecule has 0 amide bonds. The average molecular weight is 279 g/mol. The Morgan fingerprint density at radius 3 is 2.63 bits per heavy atom. The molecule has 0 saturated carbocycles. The predicted octanol–water partition coefficient (Wildman–Crippen LogP) is 0.850. The SMILES string of the molecule is COC(=O)c1ccc(Cn2cnnc2[S@](C)=O)cc1. The van der Waals surface area contributed by atoms with Gasteiger partial charge in [-0.15, -0.1) is 10.2 Å².